The number of hydrogen-bond donors (Lipinski definition) is 1. The smallest absolute Gasteiger partial charge is 0.181 e. The van der Waals surface area contributed by atoms with E-state index in [2.05, 4.69) is 20.3 Å². The van der Waals surface area contributed by atoms with Gasteiger partial charge in [-0.3, -0.25) is 4.98 Å². The zero-order chi connectivity index (χ0) is 13.8. The first-order chi connectivity index (χ1) is 9.81. The molecule has 0 fully saturated rings. The van der Waals surface area contributed by atoms with Gasteiger partial charge in [-0.05, 0) is 24.3 Å². The van der Waals surface area contributed by atoms with Crippen molar-refractivity contribution in [3.63, 3.8) is 0 Å². The molecule has 3 aromatic rings. The van der Waals surface area contributed by atoms with E-state index in [0.29, 0.717) is 29.0 Å². The zero-order valence-corrected chi connectivity index (χ0v) is 11.2. The SMILES string of the molecule is Clc1cc(NCc2ccco2)nc(-c2ccccn2)n1. The van der Waals surface area contributed by atoms with Crippen molar-refractivity contribution >= 4 is 17.4 Å². The van der Waals surface area contributed by atoms with Gasteiger partial charge in [-0.2, -0.15) is 0 Å². The number of aromatic nitrogens is 3. The van der Waals surface area contributed by atoms with E-state index in [0.717, 1.165) is 5.76 Å². The van der Waals surface area contributed by atoms with Crippen molar-refractivity contribution in [1.29, 1.82) is 0 Å². The highest BCUT2D eigenvalue weighted by atomic mass is 35.5. The van der Waals surface area contributed by atoms with E-state index in [9.17, 15) is 0 Å². The minimum atomic E-state index is 0.364. The van der Waals surface area contributed by atoms with Crippen LogP contribution in [0.25, 0.3) is 11.5 Å². The van der Waals surface area contributed by atoms with Crippen LogP contribution in [0.5, 0.6) is 0 Å². The van der Waals surface area contributed by atoms with Crippen molar-refractivity contribution in [1.82, 2.24) is 15.0 Å². The van der Waals surface area contributed by atoms with Crippen LogP contribution in [-0.4, -0.2) is 15.0 Å². The molecule has 0 saturated heterocycles. The third-order valence-corrected chi connectivity index (χ3v) is 2.81. The van der Waals surface area contributed by atoms with Crippen LogP contribution in [-0.2, 0) is 6.54 Å². The fourth-order valence-corrected chi connectivity index (χ4v) is 1.89. The van der Waals surface area contributed by atoms with Gasteiger partial charge in [-0.1, -0.05) is 17.7 Å². The predicted octanol–water partition coefficient (Wildman–Crippen LogP) is 3.40. The molecule has 0 bridgehead atoms. The van der Waals surface area contributed by atoms with Crippen molar-refractivity contribution < 1.29 is 4.42 Å². The second-order valence-electron chi connectivity index (χ2n) is 4.05. The molecule has 0 spiro atoms. The molecule has 3 heterocycles. The van der Waals surface area contributed by atoms with Crippen molar-refractivity contribution in [3.05, 3.63) is 59.8 Å². The second-order valence-corrected chi connectivity index (χ2v) is 4.43. The quantitative estimate of drug-likeness (QED) is 0.745. The maximum atomic E-state index is 6.02. The van der Waals surface area contributed by atoms with Crippen molar-refractivity contribution in [2.24, 2.45) is 0 Å². The van der Waals surface area contributed by atoms with Gasteiger partial charge >= 0.3 is 0 Å². The van der Waals surface area contributed by atoms with Crippen molar-refractivity contribution in [3.8, 4) is 11.5 Å². The van der Waals surface area contributed by atoms with E-state index in [4.69, 9.17) is 16.0 Å². The normalized spacial score (nSPS) is 10.4. The monoisotopic (exact) mass is 286 g/mol. The van der Waals surface area contributed by atoms with Gasteiger partial charge in [0.25, 0.3) is 0 Å². The van der Waals surface area contributed by atoms with Gasteiger partial charge in [0.2, 0.25) is 0 Å². The predicted molar refractivity (Wildman–Crippen MR) is 76.3 cm³/mol. The Balaban J connectivity index is 1.83. The highest BCUT2D eigenvalue weighted by molar-refractivity contribution is 6.29. The van der Waals surface area contributed by atoms with Gasteiger partial charge in [0.1, 0.15) is 22.4 Å². The van der Waals surface area contributed by atoms with Crippen LogP contribution in [0.3, 0.4) is 0 Å². The lowest BCUT2D eigenvalue weighted by atomic mass is 10.3. The summed E-state index contributed by atoms with van der Waals surface area (Å²) in [5, 5.41) is 3.50. The first-order valence-electron chi connectivity index (χ1n) is 6.03. The lowest BCUT2D eigenvalue weighted by molar-refractivity contribution is 0.518. The van der Waals surface area contributed by atoms with Crippen LogP contribution in [0.1, 0.15) is 5.76 Å². The Hall–Kier alpha value is -2.40. The molecular formula is C14H11ClN4O. The largest absolute Gasteiger partial charge is 0.467 e. The summed E-state index contributed by atoms with van der Waals surface area (Å²) < 4.78 is 5.25. The number of nitrogens with one attached hydrogen (secondary N) is 1. The summed E-state index contributed by atoms with van der Waals surface area (Å²) in [5.41, 5.74) is 0.677. The first kappa shape index (κ1) is 12.6. The van der Waals surface area contributed by atoms with E-state index in [1.54, 1.807) is 18.5 Å². The topological polar surface area (TPSA) is 63.8 Å². The summed E-state index contributed by atoms with van der Waals surface area (Å²) in [6.07, 6.45) is 3.32. The Morgan fingerprint density at radius 1 is 1.15 bits per heavy atom. The Morgan fingerprint density at radius 3 is 2.85 bits per heavy atom. The number of hydrogen-bond acceptors (Lipinski definition) is 5. The third kappa shape index (κ3) is 2.95. The molecule has 3 aromatic heterocycles. The molecule has 0 unspecified atom stereocenters. The molecule has 20 heavy (non-hydrogen) atoms. The summed E-state index contributed by atoms with van der Waals surface area (Å²) in [4.78, 5) is 12.8. The number of pyridine rings is 1. The first-order valence-corrected chi connectivity index (χ1v) is 6.41. The third-order valence-electron chi connectivity index (χ3n) is 2.61. The van der Waals surface area contributed by atoms with Gasteiger partial charge < -0.3 is 9.73 Å². The molecule has 0 aliphatic rings. The van der Waals surface area contributed by atoms with Crippen LogP contribution in [0, 0.1) is 0 Å². The van der Waals surface area contributed by atoms with Gasteiger partial charge in [-0.15, -0.1) is 0 Å². The zero-order valence-electron chi connectivity index (χ0n) is 10.5. The van der Waals surface area contributed by atoms with Gasteiger partial charge in [0, 0.05) is 12.3 Å². The number of furan rings is 1. The van der Waals surface area contributed by atoms with Crippen molar-refractivity contribution in [2.75, 3.05) is 5.32 Å². The minimum absolute atomic E-state index is 0.364. The van der Waals surface area contributed by atoms with E-state index < -0.39 is 0 Å². The van der Waals surface area contributed by atoms with E-state index in [-0.39, 0.29) is 0 Å². The molecule has 0 aliphatic carbocycles. The summed E-state index contributed by atoms with van der Waals surface area (Å²) in [5.74, 6) is 1.93. The number of nitrogens with zero attached hydrogens (tertiary/aromatic N) is 3. The number of anilines is 1. The van der Waals surface area contributed by atoms with Gasteiger partial charge in [0.15, 0.2) is 5.82 Å². The standard InChI is InChI=1S/C14H11ClN4O/c15-12-8-13(17-9-10-4-3-7-20-10)19-14(18-12)11-5-1-2-6-16-11/h1-8H,9H2,(H,17,18,19). The molecule has 0 aliphatic heterocycles. The van der Waals surface area contributed by atoms with Crippen LogP contribution in [0.2, 0.25) is 5.15 Å². The lowest BCUT2D eigenvalue weighted by Crippen LogP contribution is -2.02. The molecule has 0 radical (unpaired) electrons. The van der Waals surface area contributed by atoms with Gasteiger partial charge in [-0.25, -0.2) is 9.97 Å². The molecule has 0 saturated carbocycles. The molecule has 1 N–H and O–H groups in total. The molecule has 0 aromatic carbocycles. The Morgan fingerprint density at radius 2 is 2.10 bits per heavy atom. The average molecular weight is 287 g/mol. The molecule has 0 atom stereocenters. The fourth-order valence-electron chi connectivity index (χ4n) is 1.71. The van der Waals surface area contributed by atoms with Gasteiger partial charge in [0.05, 0.1) is 12.8 Å². The van der Waals surface area contributed by atoms with E-state index in [1.807, 2.05) is 30.3 Å². The molecule has 5 nitrogen and oxygen atoms in total. The second kappa shape index (κ2) is 5.71. The van der Waals surface area contributed by atoms with Crippen LogP contribution in [0.15, 0.2) is 53.3 Å². The Kier molecular flexibility index (Phi) is 3.60. The highest BCUT2D eigenvalue weighted by Gasteiger charge is 2.07. The average Bonchev–Trinajstić information content (AvgIpc) is 2.99. The molecular weight excluding hydrogens is 276 g/mol. The number of rotatable bonds is 4. The Bertz CT molecular complexity index is 686. The lowest BCUT2D eigenvalue weighted by Gasteiger charge is -2.06. The summed E-state index contributed by atoms with van der Waals surface area (Å²) in [6, 6.07) is 10.9. The van der Waals surface area contributed by atoms with E-state index >= 15 is 0 Å². The maximum Gasteiger partial charge on any atom is 0.181 e. The Labute approximate surface area is 120 Å². The van der Waals surface area contributed by atoms with Crippen LogP contribution < -0.4 is 5.32 Å². The number of halogens is 1. The van der Waals surface area contributed by atoms with Crippen LogP contribution >= 0.6 is 11.6 Å². The summed E-state index contributed by atoms with van der Waals surface area (Å²) in [6.45, 7) is 0.530. The summed E-state index contributed by atoms with van der Waals surface area (Å²) in [7, 11) is 0. The maximum absolute atomic E-state index is 6.02. The van der Waals surface area contributed by atoms with Crippen molar-refractivity contribution in [2.45, 2.75) is 6.54 Å². The molecule has 6 heteroatoms. The fraction of sp³-hybridized carbons (Fsp3) is 0.0714. The minimum Gasteiger partial charge on any atom is -0.467 e. The molecule has 3 rings (SSSR count). The molecule has 100 valence electrons. The summed E-state index contributed by atoms with van der Waals surface area (Å²) >= 11 is 6.02. The van der Waals surface area contributed by atoms with Crippen LogP contribution in [0.4, 0.5) is 5.82 Å². The highest BCUT2D eigenvalue weighted by Crippen LogP contribution is 2.18. The molecule has 0 amide bonds. The van der Waals surface area contributed by atoms with E-state index in [1.165, 1.54) is 0 Å².